The summed E-state index contributed by atoms with van der Waals surface area (Å²) in [6, 6.07) is 9.21. The van der Waals surface area contributed by atoms with Crippen molar-refractivity contribution in [2.24, 2.45) is 0 Å². The van der Waals surface area contributed by atoms with Gasteiger partial charge >= 0.3 is 6.18 Å². The molecule has 2 heterocycles. The molecule has 1 aliphatic heterocycles. The summed E-state index contributed by atoms with van der Waals surface area (Å²) in [5.41, 5.74) is 0.308. The van der Waals surface area contributed by atoms with Crippen molar-refractivity contribution in [3.8, 4) is 5.88 Å². The maximum Gasteiger partial charge on any atom is 0.416 e. The van der Waals surface area contributed by atoms with E-state index in [0.29, 0.717) is 37.0 Å². The molecule has 1 aromatic heterocycles. The molecule has 0 aliphatic carbocycles. The largest absolute Gasteiger partial charge is 0.475 e. The first-order chi connectivity index (χ1) is 13.8. The van der Waals surface area contributed by atoms with Crippen molar-refractivity contribution in [3.05, 3.63) is 53.7 Å². The smallest absolute Gasteiger partial charge is 0.416 e. The summed E-state index contributed by atoms with van der Waals surface area (Å²) in [6.45, 7) is 3.52. The number of ether oxygens (including phenoxy) is 3. The second kappa shape index (κ2) is 9.36. The third-order valence-electron chi connectivity index (χ3n) is 4.76. The van der Waals surface area contributed by atoms with E-state index in [0.717, 1.165) is 18.1 Å². The van der Waals surface area contributed by atoms with Crippen LogP contribution in [0.2, 0.25) is 0 Å². The van der Waals surface area contributed by atoms with Crippen LogP contribution in [0.3, 0.4) is 0 Å². The molecule has 8 heteroatoms. The van der Waals surface area contributed by atoms with Crippen LogP contribution in [-0.4, -0.2) is 36.7 Å². The maximum atomic E-state index is 13.0. The molecule has 0 amide bonds. The third-order valence-corrected chi connectivity index (χ3v) is 6.11. The molecular weight excluding hydrogens is 403 g/mol. The number of methoxy groups -OCH3 is 1. The van der Waals surface area contributed by atoms with E-state index in [4.69, 9.17) is 14.2 Å². The lowest BCUT2D eigenvalue weighted by molar-refractivity contribution is -0.137. The average molecular weight is 427 g/mol. The van der Waals surface area contributed by atoms with Crippen molar-refractivity contribution in [2.75, 3.05) is 26.9 Å². The van der Waals surface area contributed by atoms with Crippen molar-refractivity contribution < 1.29 is 27.4 Å². The molecule has 0 saturated carbocycles. The van der Waals surface area contributed by atoms with Gasteiger partial charge in [-0.05, 0) is 49.6 Å². The number of thioether (sulfide) groups is 1. The Morgan fingerprint density at radius 1 is 1.24 bits per heavy atom. The summed E-state index contributed by atoms with van der Waals surface area (Å²) in [5.74, 6) is 0.516. The highest BCUT2D eigenvalue weighted by molar-refractivity contribution is 8.00. The van der Waals surface area contributed by atoms with Gasteiger partial charge in [0.25, 0.3) is 0 Å². The van der Waals surface area contributed by atoms with Gasteiger partial charge in [-0.25, -0.2) is 4.98 Å². The first kappa shape index (κ1) is 21.9. The molecular formula is C21H24F3NO3S. The molecule has 0 spiro atoms. The topological polar surface area (TPSA) is 40.6 Å². The van der Waals surface area contributed by atoms with Crippen LogP contribution < -0.4 is 4.74 Å². The Kier molecular flexibility index (Phi) is 7.08. The minimum atomic E-state index is -4.34. The molecule has 2 aromatic rings. The molecule has 0 N–H and O–H groups in total. The molecule has 2 atom stereocenters. The quantitative estimate of drug-likeness (QED) is 0.544. The van der Waals surface area contributed by atoms with Crippen LogP contribution in [-0.2, 0) is 15.7 Å². The third kappa shape index (κ3) is 6.10. The van der Waals surface area contributed by atoms with Crippen LogP contribution in [0.5, 0.6) is 5.88 Å². The fourth-order valence-electron chi connectivity index (χ4n) is 3.19. The van der Waals surface area contributed by atoms with E-state index >= 15 is 0 Å². The van der Waals surface area contributed by atoms with Gasteiger partial charge in [0.05, 0.1) is 18.3 Å². The summed E-state index contributed by atoms with van der Waals surface area (Å²) < 4.78 is 55.1. The zero-order chi connectivity index (χ0) is 20.9. The van der Waals surface area contributed by atoms with Gasteiger partial charge in [0.15, 0.2) is 0 Å². The first-order valence-corrected chi connectivity index (χ1v) is 10.2. The summed E-state index contributed by atoms with van der Waals surface area (Å²) in [4.78, 5) is 4.92. The highest BCUT2D eigenvalue weighted by Gasteiger charge is 2.36. The fraction of sp³-hybridized carbons (Fsp3) is 0.476. The van der Waals surface area contributed by atoms with Crippen molar-refractivity contribution in [2.45, 2.75) is 41.7 Å². The lowest BCUT2D eigenvalue weighted by Crippen LogP contribution is -2.31. The van der Waals surface area contributed by atoms with Crippen LogP contribution >= 0.6 is 11.8 Å². The second-order valence-electron chi connectivity index (χ2n) is 7.16. The number of benzene rings is 1. The molecule has 29 heavy (non-hydrogen) atoms. The Balaban J connectivity index is 1.66. The number of nitrogens with zero attached hydrogens (tertiary/aromatic N) is 1. The van der Waals surface area contributed by atoms with E-state index in [2.05, 4.69) is 11.9 Å². The molecule has 0 radical (unpaired) electrons. The SMILES string of the molecule is COCCOc1ccc(C2CC(C)(Sc3cccc(C(F)(F)F)c3)CCO2)cn1. The Morgan fingerprint density at radius 3 is 2.76 bits per heavy atom. The van der Waals surface area contributed by atoms with Crippen LogP contribution in [0.15, 0.2) is 47.5 Å². The molecule has 3 rings (SSSR count). The monoisotopic (exact) mass is 427 g/mol. The van der Waals surface area contributed by atoms with E-state index < -0.39 is 11.7 Å². The van der Waals surface area contributed by atoms with Crippen LogP contribution in [0.1, 0.15) is 37.0 Å². The number of hydrogen-bond acceptors (Lipinski definition) is 5. The molecule has 2 unspecified atom stereocenters. The fourth-order valence-corrected chi connectivity index (χ4v) is 4.52. The Labute approximate surface area is 172 Å². The normalized spacial score (nSPS) is 22.4. The summed E-state index contributed by atoms with van der Waals surface area (Å²) in [5, 5.41) is 0. The van der Waals surface area contributed by atoms with E-state index in [1.807, 2.05) is 6.07 Å². The number of pyridine rings is 1. The van der Waals surface area contributed by atoms with Crippen molar-refractivity contribution in [1.82, 2.24) is 4.98 Å². The number of aromatic nitrogens is 1. The molecule has 1 aromatic carbocycles. The molecule has 0 bridgehead atoms. The number of rotatable bonds is 7. The van der Waals surface area contributed by atoms with Gasteiger partial charge in [0, 0.05) is 35.6 Å². The van der Waals surface area contributed by atoms with E-state index in [-0.39, 0.29) is 10.9 Å². The highest BCUT2D eigenvalue weighted by atomic mass is 32.2. The predicted molar refractivity (Wildman–Crippen MR) is 105 cm³/mol. The van der Waals surface area contributed by atoms with Crippen LogP contribution in [0.25, 0.3) is 0 Å². The Bertz CT molecular complexity index is 801. The van der Waals surface area contributed by atoms with Gasteiger partial charge in [0.2, 0.25) is 5.88 Å². The van der Waals surface area contributed by atoms with Gasteiger partial charge in [-0.15, -0.1) is 11.8 Å². The standard InChI is InChI=1S/C21H24F3NO3S/c1-20(29-17-5-3-4-16(12-17)21(22,23)24)8-9-27-18(13-20)15-6-7-19(25-14-15)28-11-10-26-2/h3-7,12,14,18H,8-11,13H2,1-2H3. The molecule has 1 saturated heterocycles. The Hall–Kier alpha value is -1.77. The van der Waals surface area contributed by atoms with E-state index in [9.17, 15) is 13.2 Å². The summed E-state index contributed by atoms with van der Waals surface area (Å²) in [6.07, 6.45) is -1.33. The first-order valence-electron chi connectivity index (χ1n) is 9.35. The van der Waals surface area contributed by atoms with Crippen LogP contribution in [0, 0.1) is 0 Å². The summed E-state index contributed by atoms with van der Waals surface area (Å²) >= 11 is 1.47. The highest BCUT2D eigenvalue weighted by Crippen LogP contribution is 2.46. The predicted octanol–water partition coefficient (Wildman–Crippen LogP) is 5.53. The van der Waals surface area contributed by atoms with Gasteiger partial charge in [0.1, 0.15) is 6.61 Å². The van der Waals surface area contributed by atoms with E-state index in [1.165, 1.54) is 23.9 Å². The second-order valence-corrected chi connectivity index (χ2v) is 8.82. The Morgan fingerprint density at radius 2 is 2.07 bits per heavy atom. The lowest BCUT2D eigenvalue weighted by Gasteiger charge is -2.38. The lowest BCUT2D eigenvalue weighted by atomic mass is 9.93. The van der Waals surface area contributed by atoms with Crippen LogP contribution in [0.4, 0.5) is 13.2 Å². The number of halogens is 3. The minimum absolute atomic E-state index is 0.160. The average Bonchev–Trinajstić information content (AvgIpc) is 2.68. The maximum absolute atomic E-state index is 13.0. The van der Waals surface area contributed by atoms with Crippen molar-refractivity contribution in [1.29, 1.82) is 0 Å². The zero-order valence-electron chi connectivity index (χ0n) is 16.4. The molecule has 1 aliphatic rings. The van der Waals surface area contributed by atoms with Gasteiger partial charge in [-0.2, -0.15) is 13.2 Å². The minimum Gasteiger partial charge on any atom is -0.475 e. The van der Waals surface area contributed by atoms with Crippen molar-refractivity contribution in [3.63, 3.8) is 0 Å². The molecule has 4 nitrogen and oxygen atoms in total. The van der Waals surface area contributed by atoms with E-state index in [1.54, 1.807) is 25.4 Å². The summed E-state index contributed by atoms with van der Waals surface area (Å²) in [7, 11) is 1.61. The van der Waals surface area contributed by atoms with Crippen molar-refractivity contribution >= 4 is 11.8 Å². The van der Waals surface area contributed by atoms with Gasteiger partial charge in [-0.3, -0.25) is 0 Å². The van der Waals surface area contributed by atoms with Gasteiger partial charge < -0.3 is 14.2 Å². The van der Waals surface area contributed by atoms with Gasteiger partial charge in [-0.1, -0.05) is 6.07 Å². The zero-order valence-corrected chi connectivity index (χ0v) is 17.2. The number of alkyl halides is 3. The molecule has 158 valence electrons. The molecule has 1 fully saturated rings. The number of hydrogen-bond donors (Lipinski definition) is 0.